The minimum atomic E-state index is -0.939. The molecule has 2 saturated heterocycles. The van der Waals surface area contributed by atoms with Gasteiger partial charge in [0, 0.05) is 6.42 Å². The standard InChI is InChI=1S/C28H34I3N3O2/c29-31(30)33-14-12-32(13-15-33)24-7-8-25-23-9-11-34(27(18-23)26(25)19-24)28(35)36-16-10-20-5-6-21-3-1-2-4-22(21)17-20/h5-8,17,19,23,27H,1-4,9-16,18H2/t23-,27?/m1/s1. The van der Waals surface area contributed by atoms with Gasteiger partial charge in [0.25, 0.3) is 0 Å². The molecule has 8 heteroatoms. The first-order valence-electron chi connectivity index (χ1n) is 13.3. The van der Waals surface area contributed by atoms with Crippen LogP contribution in [-0.4, -0.2) is 53.4 Å². The first-order valence-corrected chi connectivity index (χ1v) is 26.8. The van der Waals surface area contributed by atoms with Crippen molar-refractivity contribution in [1.82, 2.24) is 8.01 Å². The van der Waals surface area contributed by atoms with Crippen LogP contribution < -0.4 is 4.90 Å². The van der Waals surface area contributed by atoms with Crippen LogP contribution in [0.2, 0.25) is 0 Å². The zero-order chi connectivity index (χ0) is 24.6. The summed E-state index contributed by atoms with van der Waals surface area (Å²) in [7, 11) is 0. The van der Waals surface area contributed by atoms with Crippen molar-refractivity contribution in [3.63, 3.8) is 0 Å². The SMILES string of the molecule is O=C(OCCc1ccc2c(c1)CCCC2)N1CC[C@@H]2CC1c1cc(N3CCN(I(I)I)CC3)ccc12. The predicted molar refractivity (Wildman–Crippen MR) is 172 cm³/mol. The van der Waals surface area contributed by atoms with Gasteiger partial charge in [-0.1, -0.05) is 18.2 Å². The number of likely N-dealkylation sites (tertiary alicyclic amines) is 1. The van der Waals surface area contributed by atoms with Crippen molar-refractivity contribution in [3.8, 4) is 0 Å². The van der Waals surface area contributed by atoms with Crippen LogP contribution in [0.5, 0.6) is 0 Å². The summed E-state index contributed by atoms with van der Waals surface area (Å²) < 4.78 is 8.53. The molecule has 2 aromatic carbocycles. The Morgan fingerprint density at radius 3 is 2.56 bits per heavy atom. The van der Waals surface area contributed by atoms with Gasteiger partial charge in [-0.15, -0.1) is 0 Å². The van der Waals surface area contributed by atoms with Gasteiger partial charge in [-0.05, 0) is 42.4 Å². The molecule has 4 aliphatic rings. The van der Waals surface area contributed by atoms with Gasteiger partial charge >= 0.3 is 177 Å². The molecule has 2 bridgehead atoms. The van der Waals surface area contributed by atoms with E-state index in [1.807, 2.05) is 4.90 Å². The van der Waals surface area contributed by atoms with Crippen molar-refractivity contribution in [3.05, 3.63) is 64.2 Å². The Kier molecular flexibility index (Phi) is 8.21. The van der Waals surface area contributed by atoms with Gasteiger partial charge in [0.05, 0.1) is 0 Å². The number of carbonyl (C=O) groups excluding carboxylic acids is 1. The summed E-state index contributed by atoms with van der Waals surface area (Å²) in [4.78, 5) is 17.7. The van der Waals surface area contributed by atoms with Gasteiger partial charge in [0.1, 0.15) is 0 Å². The Hall–Kier alpha value is -0.340. The van der Waals surface area contributed by atoms with E-state index in [-0.39, 0.29) is 12.1 Å². The number of fused-ring (bicyclic) bond motifs is 6. The van der Waals surface area contributed by atoms with Gasteiger partial charge in [0.2, 0.25) is 0 Å². The van der Waals surface area contributed by atoms with E-state index in [0.29, 0.717) is 12.5 Å². The second kappa shape index (κ2) is 11.4. The normalized spacial score (nSPS) is 23.8. The summed E-state index contributed by atoms with van der Waals surface area (Å²) in [6, 6.07) is 14.1. The number of piperazine rings is 1. The van der Waals surface area contributed by atoms with E-state index in [1.165, 1.54) is 72.3 Å². The molecule has 0 radical (unpaired) electrons. The van der Waals surface area contributed by atoms with Crippen LogP contribution in [0.3, 0.4) is 0 Å². The Bertz CT molecular complexity index is 1120. The predicted octanol–water partition coefficient (Wildman–Crippen LogP) is 7.42. The van der Waals surface area contributed by atoms with Gasteiger partial charge in [-0.25, -0.2) is 0 Å². The number of carbonyl (C=O) groups is 1. The summed E-state index contributed by atoms with van der Waals surface area (Å²) in [6.07, 6.45) is 7.75. The molecule has 2 fully saturated rings. The number of nitrogens with zero attached hydrogens (tertiary/aromatic N) is 3. The van der Waals surface area contributed by atoms with E-state index >= 15 is 0 Å². The summed E-state index contributed by atoms with van der Waals surface area (Å²) in [6.45, 7) is 5.79. The zero-order valence-corrected chi connectivity index (χ0v) is 27.1. The van der Waals surface area contributed by atoms with Gasteiger partial charge in [-0.3, -0.25) is 0 Å². The minimum absolute atomic E-state index is 0.135. The Balaban J connectivity index is 1.09. The summed E-state index contributed by atoms with van der Waals surface area (Å²) in [5, 5.41) is 0. The number of piperidine rings is 1. The van der Waals surface area contributed by atoms with Crippen molar-refractivity contribution in [2.24, 2.45) is 0 Å². The summed E-state index contributed by atoms with van der Waals surface area (Å²) in [5.74, 6) is 0.584. The molecular weight excluding hydrogens is 791 g/mol. The molecule has 6 rings (SSSR count). The van der Waals surface area contributed by atoms with E-state index in [0.717, 1.165) is 38.9 Å². The number of anilines is 1. The molecule has 1 unspecified atom stereocenters. The van der Waals surface area contributed by atoms with Crippen molar-refractivity contribution in [2.45, 2.75) is 56.9 Å². The van der Waals surface area contributed by atoms with Gasteiger partial charge in [-0.2, -0.15) is 0 Å². The first kappa shape index (κ1) is 25.9. The van der Waals surface area contributed by atoms with E-state index in [9.17, 15) is 4.79 Å². The van der Waals surface area contributed by atoms with Gasteiger partial charge in [0.15, 0.2) is 0 Å². The molecule has 0 saturated carbocycles. The number of hydrogen-bond donors (Lipinski definition) is 0. The molecule has 2 aliphatic heterocycles. The van der Waals surface area contributed by atoms with Crippen LogP contribution in [0.4, 0.5) is 10.5 Å². The molecule has 5 nitrogen and oxygen atoms in total. The number of ether oxygens (including phenoxy) is 1. The molecule has 0 spiro atoms. The fraction of sp³-hybridized carbons (Fsp3) is 0.536. The quantitative estimate of drug-likeness (QED) is 0.233. The molecule has 36 heavy (non-hydrogen) atoms. The number of benzene rings is 2. The second-order valence-corrected chi connectivity index (χ2v) is 33.7. The van der Waals surface area contributed by atoms with Crippen molar-refractivity contribution >= 4 is 61.2 Å². The van der Waals surface area contributed by atoms with Crippen molar-refractivity contribution in [2.75, 3.05) is 44.2 Å². The number of halogens is 3. The third-order valence-corrected chi connectivity index (χ3v) is 17.4. The molecule has 2 aromatic rings. The maximum absolute atomic E-state index is 13.2. The van der Waals surface area contributed by atoms with Crippen LogP contribution in [0.25, 0.3) is 0 Å². The molecule has 1 amide bonds. The van der Waals surface area contributed by atoms with Crippen LogP contribution >= 0.6 is 49.4 Å². The molecule has 2 atom stereocenters. The molecule has 0 N–H and O–H groups in total. The second-order valence-electron chi connectivity index (χ2n) is 10.5. The number of hydrogen-bond acceptors (Lipinski definition) is 4. The number of aryl methyl sites for hydroxylation is 2. The first-order chi connectivity index (χ1) is 17.6. The Morgan fingerprint density at radius 2 is 1.75 bits per heavy atom. The monoisotopic (exact) mass is 825 g/mol. The van der Waals surface area contributed by atoms with Crippen LogP contribution in [0.15, 0.2) is 36.4 Å². The Morgan fingerprint density at radius 1 is 0.944 bits per heavy atom. The van der Waals surface area contributed by atoms with Crippen LogP contribution in [0.1, 0.15) is 65.5 Å². The van der Waals surface area contributed by atoms with Crippen LogP contribution in [-0.2, 0) is 24.0 Å². The third kappa shape index (κ3) is 5.38. The Labute approximate surface area is 241 Å². The number of amides is 1. The van der Waals surface area contributed by atoms with Gasteiger partial charge < -0.3 is 0 Å². The average Bonchev–Trinajstić information content (AvgIpc) is 3.19. The molecule has 2 heterocycles. The molecule has 194 valence electrons. The number of rotatable bonds is 5. The zero-order valence-electron chi connectivity index (χ0n) is 20.6. The average molecular weight is 825 g/mol. The van der Waals surface area contributed by atoms with Crippen LogP contribution in [0, 0.1) is 0 Å². The van der Waals surface area contributed by atoms with Crippen molar-refractivity contribution < 1.29 is 9.53 Å². The fourth-order valence-electron chi connectivity index (χ4n) is 6.53. The topological polar surface area (TPSA) is 36.0 Å². The third-order valence-electron chi connectivity index (χ3n) is 8.51. The molecule has 2 aliphatic carbocycles. The summed E-state index contributed by atoms with van der Waals surface area (Å²) >= 11 is 4.37. The van der Waals surface area contributed by atoms with E-state index in [2.05, 4.69) is 81.6 Å². The fourth-order valence-corrected chi connectivity index (χ4v) is 12.6. The summed E-state index contributed by atoms with van der Waals surface area (Å²) in [5.41, 5.74) is 8.44. The van der Waals surface area contributed by atoms with E-state index < -0.39 is 12.1 Å². The molecule has 0 aromatic heterocycles. The molecular formula is C28H34I3N3O2. The maximum atomic E-state index is 13.2. The van der Waals surface area contributed by atoms with E-state index in [1.54, 1.807) is 0 Å². The van der Waals surface area contributed by atoms with Crippen molar-refractivity contribution in [1.29, 1.82) is 0 Å². The van der Waals surface area contributed by atoms with E-state index in [4.69, 9.17) is 4.74 Å².